The standard InChI is InChI=1S/C19H25N3O3S/c1-4-9-21(3)18(25)13-10-14(23)17(24)15-16(13)22(19(26)20-15)12-7-5-11(2)6-8-12/h4-8,13-17,23-24H,1,9-10H2,2-3H3,(H,20,26). The van der Waals surface area contributed by atoms with Crippen molar-refractivity contribution in [3.63, 3.8) is 0 Å². The molecule has 6 nitrogen and oxygen atoms in total. The number of nitrogens with zero attached hydrogens (tertiary/aromatic N) is 2. The smallest absolute Gasteiger partial charge is 0.227 e. The van der Waals surface area contributed by atoms with Crippen molar-refractivity contribution < 1.29 is 15.0 Å². The number of fused-ring (bicyclic) bond motifs is 1. The fourth-order valence-electron chi connectivity index (χ4n) is 3.90. The van der Waals surface area contributed by atoms with E-state index < -0.39 is 24.2 Å². The molecule has 1 heterocycles. The Bertz CT molecular complexity index is 708. The summed E-state index contributed by atoms with van der Waals surface area (Å²) in [6, 6.07) is 7.03. The minimum Gasteiger partial charge on any atom is -0.390 e. The van der Waals surface area contributed by atoms with Gasteiger partial charge in [0, 0.05) is 19.3 Å². The van der Waals surface area contributed by atoms with Gasteiger partial charge in [0.25, 0.3) is 0 Å². The molecule has 0 bridgehead atoms. The van der Waals surface area contributed by atoms with Crippen molar-refractivity contribution in [2.45, 2.75) is 37.6 Å². The summed E-state index contributed by atoms with van der Waals surface area (Å²) in [4.78, 5) is 16.5. The largest absolute Gasteiger partial charge is 0.390 e. The topological polar surface area (TPSA) is 76.0 Å². The van der Waals surface area contributed by atoms with Crippen LogP contribution in [-0.2, 0) is 4.79 Å². The molecular formula is C19H25N3O3S. The van der Waals surface area contributed by atoms with Crippen LogP contribution in [-0.4, -0.2) is 64.0 Å². The number of benzene rings is 1. The van der Waals surface area contributed by atoms with E-state index in [-0.39, 0.29) is 18.4 Å². The number of carbonyl (C=O) groups excluding carboxylic acids is 1. The second-order valence-electron chi connectivity index (χ2n) is 7.08. The average molecular weight is 375 g/mol. The molecule has 3 N–H and O–H groups in total. The molecule has 5 atom stereocenters. The van der Waals surface area contributed by atoms with Gasteiger partial charge in [-0.25, -0.2) is 0 Å². The van der Waals surface area contributed by atoms with Crippen LogP contribution in [0.1, 0.15) is 12.0 Å². The number of amides is 1. The monoisotopic (exact) mass is 375 g/mol. The third-order valence-electron chi connectivity index (χ3n) is 5.25. The van der Waals surface area contributed by atoms with Crippen LogP contribution >= 0.6 is 12.2 Å². The number of rotatable bonds is 4. The van der Waals surface area contributed by atoms with Crippen LogP contribution in [0.15, 0.2) is 36.9 Å². The Labute approximate surface area is 159 Å². The van der Waals surface area contributed by atoms with Gasteiger partial charge in [0.1, 0.15) is 6.10 Å². The van der Waals surface area contributed by atoms with Crippen molar-refractivity contribution in [2.75, 3.05) is 18.5 Å². The maximum atomic E-state index is 13.0. The zero-order valence-corrected chi connectivity index (χ0v) is 15.8. The van der Waals surface area contributed by atoms with Gasteiger partial charge in [-0.1, -0.05) is 23.8 Å². The van der Waals surface area contributed by atoms with Crippen LogP contribution in [0.2, 0.25) is 0 Å². The molecule has 1 saturated heterocycles. The van der Waals surface area contributed by atoms with Crippen LogP contribution in [0.3, 0.4) is 0 Å². The molecule has 1 aliphatic carbocycles. The summed E-state index contributed by atoms with van der Waals surface area (Å²) in [5, 5.41) is 24.3. The van der Waals surface area contributed by atoms with Crippen molar-refractivity contribution in [2.24, 2.45) is 5.92 Å². The first-order chi connectivity index (χ1) is 12.3. The quantitative estimate of drug-likeness (QED) is 0.534. The number of carbonyl (C=O) groups is 1. The van der Waals surface area contributed by atoms with Gasteiger partial charge < -0.3 is 25.3 Å². The van der Waals surface area contributed by atoms with Gasteiger partial charge in [0.2, 0.25) is 5.91 Å². The zero-order chi connectivity index (χ0) is 19.0. The van der Waals surface area contributed by atoms with Crippen molar-refractivity contribution >= 4 is 28.9 Å². The first kappa shape index (κ1) is 18.8. The van der Waals surface area contributed by atoms with Gasteiger partial charge in [-0.2, -0.15) is 0 Å². The molecule has 5 unspecified atom stereocenters. The fraction of sp³-hybridized carbons (Fsp3) is 0.474. The molecule has 2 aliphatic rings. The first-order valence-corrected chi connectivity index (χ1v) is 9.14. The van der Waals surface area contributed by atoms with Gasteiger partial charge in [0.15, 0.2) is 5.11 Å². The molecule has 1 amide bonds. The van der Waals surface area contributed by atoms with Crippen molar-refractivity contribution in [3.8, 4) is 0 Å². The SMILES string of the molecule is C=CCN(C)C(=O)C1CC(O)C(O)C2NC(=S)N(c3ccc(C)cc3)C12. The molecule has 2 fully saturated rings. The fourth-order valence-corrected chi connectivity index (χ4v) is 4.26. The van der Waals surface area contributed by atoms with E-state index in [2.05, 4.69) is 11.9 Å². The number of nitrogens with one attached hydrogen (secondary N) is 1. The summed E-state index contributed by atoms with van der Waals surface area (Å²) in [6.07, 6.45) is -0.105. The van der Waals surface area contributed by atoms with E-state index in [0.29, 0.717) is 11.7 Å². The highest BCUT2D eigenvalue weighted by atomic mass is 32.1. The van der Waals surface area contributed by atoms with Crippen LogP contribution in [0.25, 0.3) is 0 Å². The summed E-state index contributed by atoms with van der Waals surface area (Å²) in [7, 11) is 1.72. The highest BCUT2D eigenvalue weighted by Gasteiger charge is 2.54. The normalized spacial score (nSPS) is 30.5. The molecule has 0 spiro atoms. The second kappa shape index (κ2) is 7.34. The van der Waals surface area contributed by atoms with E-state index >= 15 is 0 Å². The van der Waals surface area contributed by atoms with Crippen LogP contribution in [0.4, 0.5) is 5.69 Å². The summed E-state index contributed by atoms with van der Waals surface area (Å²) in [5.74, 6) is -0.577. The van der Waals surface area contributed by atoms with Crippen molar-refractivity contribution in [1.82, 2.24) is 10.2 Å². The Morgan fingerprint density at radius 2 is 2.08 bits per heavy atom. The minimum atomic E-state index is -0.984. The summed E-state index contributed by atoms with van der Waals surface area (Å²) < 4.78 is 0. The predicted octanol–water partition coefficient (Wildman–Crippen LogP) is 0.813. The average Bonchev–Trinajstić information content (AvgIpc) is 2.96. The van der Waals surface area contributed by atoms with Gasteiger partial charge in [-0.15, -0.1) is 6.58 Å². The molecule has 3 rings (SSSR count). The number of hydrogen-bond acceptors (Lipinski definition) is 4. The third kappa shape index (κ3) is 3.22. The van der Waals surface area contributed by atoms with Gasteiger partial charge >= 0.3 is 0 Å². The van der Waals surface area contributed by atoms with Crippen molar-refractivity contribution in [1.29, 1.82) is 0 Å². The van der Waals surface area contributed by atoms with Gasteiger partial charge in [-0.05, 0) is 37.7 Å². The first-order valence-electron chi connectivity index (χ1n) is 8.73. The Hall–Kier alpha value is -1.96. The third-order valence-corrected chi connectivity index (χ3v) is 5.57. The second-order valence-corrected chi connectivity index (χ2v) is 7.47. The molecule has 1 aromatic carbocycles. The van der Waals surface area contributed by atoms with Gasteiger partial charge in [-0.3, -0.25) is 4.79 Å². The Kier molecular flexibility index (Phi) is 5.32. The molecule has 1 aliphatic heterocycles. The molecule has 140 valence electrons. The maximum absolute atomic E-state index is 13.0. The van der Waals surface area contributed by atoms with E-state index in [1.165, 1.54) is 0 Å². The van der Waals surface area contributed by atoms with Crippen LogP contribution < -0.4 is 10.2 Å². The lowest BCUT2D eigenvalue weighted by Crippen LogP contribution is -2.61. The zero-order valence-electron chi connectivity index (χ0n) is 15.0. The predicted molar refractivity (Wildman–Crippen MR) is 105 cm³/mol. The number of hydrogen-bond donors (Lipinski definition) is 3. The lowest BCUT2D eigenvalue weighted by molar-refractivity contribution is -0.139. The number of aliphatic hydroxyl groups excluding tert-OH is 2. The minimum absolute atomic E-state index is 0.0885. The summed E-state index contributed by atoms with van der Waals surface area (Å²) in [5.41, 5.74) is 1.99. The molecule has 0 aromatic heterocycles. The molecule has 26 heavy (non-hydrogen) atoms. The van der Waals surface area contributed by atoms with E-state index in [1.807, 2.05) is 36.1 Å². The van der Waals surface area contributed by atoms with Crippen LogP contribution in [0.5, 0.6) is 0 Å². The van der Waals surface area contributed by atoms with Gasteiger partial charge in [0.05, 0.1) is 24.1 Å². The number of thiocarbonyl (C=S) groups is 1. The van der Waals surface area contributed by atoms with Crippen molar-refractivity contribution in [3.05, 3.63) is 42.5 Å². The molecule has 1 saturated carbocycles. The molecule has 0 radical (unpaired) electrons. The van der Waals surface area contributed by atoms with Crippen LogP contribution in [0, 0.1) is 12.8 Å². The number of aliphatic hydroxyl groups is 2. The molecular weight excluding hydrogens is 350 g/mol. The summed E-state index contributed by atoms with van der Waals surface area (Å²) in [6.45, 7) is 6.11. The Balaban J connectivity index is 1.99. The maximum Gasteiger partial charge on any atom is 0.227 e. The van der Waals surface area contributed by atoms with E-state index in [1.54, 1.807) is 18.0 Å². The number of aryl methyl sites for hydroxylation is 1. The van der Waals surface area contributed by atoms with E-state index in [4.69, 9.17) is 12.2 Å². The van der Waals surface area contributed by atoms with E-state index in [9.17, 15) is 15.0 Å². The molecule has 7 heteroatoms. The molecule has 1 aromatic rings. The lowest BCUT2D eigenvalue weighted by Gasteiger charge is -2.42. The highest BCUT2D eigenvalue weighted by molar-refractivity contribution is 7.80. The number of anilines is 1. The Morgan fingerprint density at radius 3 is 2.69 bits per heavy atom. The summed E-state index contributed by atoms with van der Waals surface area (Å²) >= 11 is 5.50. The Morgan fingerprint density at radius 1 is 1.42 bits per heavy atom. The van der Waals surface area contributed by atoms with E-state index in [0.717, 1.165) is 11.3 Å². The number of likely N-dealkylation sites (N-methyl/N-ethyl adjacent to an activating group) is 1. The lowest BCUT2D eigenvalue weighted by atomic mass is 9.77. The highest BCUT2D eigenvalue weighted by Crippen LogP contribution is 2.37.